The lowest BCUT2D eigenvalue weighted by molar-refractivity contribution is -0.187. The summed E-state index contributed by atoms with van der Waals surface area (Å²) >= 11 is 1.17. The number of carbonyl (C=O) groups is 2. The Morgan fingerprint density at radius 2 is 1.96 bits per heavy atom. The predicted octanol–water partition coefficient (Wildman–Crippen LogP) is 3.17. The van der Waals surface area contributed by atoms with Gasteiger partial charge >= 0.3 is 18.2 Å². The van der Waals surface area contributed by atoms with Gasteiger partial charge in [0.05, 0.1) is 17.5 Å². The summed E-state index contributed by atoms with van der Waals surface area (Å²) in [6.07, 6.45) is -4.67. The number of aliphatic carboxylic acids is 1. The lowest BCUT2D eigenvalue weighted by Crippen LogP contribution is -2.35. The average molecular weight is 365 g/mol. The van der Waals surface area contributed by atoms with Crippen LogP contribution in [0.2, 0.25) is 0 Å². The topological polar surface area (TPSA) is 82.5 Å². The fourth-order valence-corrected chi connectivity index (χ4v) is 3.32. The Kier molecular flexibility index (Phi) is 4.80. The molecule has 2 rings (SSSR count). The van der Waals surface area contributed by atoms with E-state index in [4.69, 9.17) is 5.11 Å². The second-order valence-electron chi connectivity index (χ2n) is 6.72. The van der Waals surface area contributed by atoms with Crippen molar-refractivity contribution < 1.29 is 27.9 Å². The molecule has 2 atom stereocenters. The molecule has 1 fully saturated rings. The summed E-state index contributed by atoms with van der Waals surface area (Å²) in [7, 11) is 0. The highest BCUT2D eigenvalue weighted by Crippen LogP contribution is 2.38. The number of nitrogens with zero attached hydrogens (tertiary/aromatic N) is 2. The van der Waals surface area contributed by atoms with Crippen molar-refractivity contribution in [3.8, 4) is 0 Å². The molecular formula is C14H18F3N3O3S. The number of hydrogen-bond acceptors (Lipinski definition) is 4. The number of nitrogens with one attached hydrogen (secondary N) is 1. The molecule has 1 aliphatic rings. The fraction of sp³-hybridized carbons (Fsp3) is 0.643. The first-order valence-electron chi connectivity index (χ1n) is 7.21. The van der Waals surface area contributed by atoms with Gasteiger partial charge in [-0.05, 0) is 0 Å². The van der Waals surface area contributed by atoms with Crippen LogP contribution in [0.1, 0.15) is 26.5 Å². The standard InChI is InChI=1S/C14H18F3N3O3S/c1-13(2,3)9-6-24-11(18-9)19-12(23)20-4-7(10(21)22)8(5-20)14(15,16)17/h6-8H,4-5H2,1-3H3,(H,21,22)(H,18,19,23)/t7-,8-/m1/s1. The van der Waals surface area contributed by atoms with Crippen LogP contribution in [-0.4, -0.2) is 46.3 Å². The molecule has 1 saturated heterocycles. The summed E-state index contributed by atoms with van der Waals surface area (Å²) in [6.45, 7) is 4.67. The minimum atomic E-state index is -4.67. The number of hydrogen-bond donors (Lipinski definition) is 2. The maximum Gasteiger partial charge on any atom is 0.394 e. The summed E-state index contributed by atoms with van der Waals surface area (Å²) in [6, 6.07) is -0.775. The van der Waals surface area contributed by atoms with E-state index in [-0.39, 0.29) is 10.5 Å². The van der Waals surface area contributed by atoms with Crippen LogP contribution in [0.5, 0.6) is 0 Å². The number of rotatable bonds is 2. The van der Waals surface area contributed by atoms with Crippen LogP contribution in [0.25, 0.3) is 0 Å². The maximum atomic E-state index is 12.9. The molecule has 0 unspecified atom stereocenters. The first-order valence-corrected chi connectivity index (χ1v) is 8.09. The van der Waals surface area contributed by atoms with E-state index in [2.05, 4.69) is 10.3 Å². The number of carboxylic acids is 1. The van der Waals surface area contributed by atoms with Gasteiger partial charge in [0.25, 0.3) is 0 Å². The molecule has 0 aromatic carbocycles. The number of halogens is 3. The summed E-state index contributed by atoms with van der Waals surface area (Å²) in [4.78, 5) is 28.3. The molecule has 0 saturated carbocycles. The van der Waals surface area contributed by atoms with Gasteiger partial charge in [-0.1, -0.05) is 20.8 Å². The fourth-order valence-electron chi connectivity index (χ4n) is 2.40. The van der Waals surface area contributed by atoms with E-state index in [1.54, 1.807) is 5.38 Å². The minimum Gasteiger partial charge on any atom is -0.481 e. The van der Waals surface area contributed by atoms with Crippen molar-refractivity contribution in [2.45, 2.75) is 32.4 Å². The Hall–Kier alpha value is -1.84. The monoisotopic (exact) mass is 365 g/mol. The number of carbonyl (C=O) groups excluding carboxylic acids is 1. The molecule has 1 aliphatic heterocycles. The molecule has 1 aromatic rings. The summed E-state index contributed by atoms with van der Waals surface area (Å²) < 4.78 is 38.8. The molecule has 6 nitrogen and oxygen atoms in total. The van der Waals surface area contributed by atoms with E-state index in [9.17, 15) is 22.8 Å². The Morgan fingerprint density at radius 1 is 1.33 bits per heavy atom. The number of amides is 2. The van der Waals surface area contributed by atoms with E-state index < -0.39 is 43.1 Å². The summed E-state index contributed by atoms with van der Waals surface area (Å²) in [5, 5.41) is 13.4. The van der Waals surface area contributed by atoms with Gasteiger partial charge in [-0.15, -0.1) is 11.3 Å². The Bertz CT molecular complexity index is 639. The highest BCUT2D eigenvalue weighted by atomic mass is 32.1. The zero-order chi connectivity index (χ0) is 18.3. The van der Waals surface area contributed by atoms with E-state index in [0.29, 0.717) is 0 Å². The third kappa shape index (κ3) is 3.97. The van der Waals surface area contributed by atoms with E-state index in [0.717, 1.165) is 10.6 Å². The third-order valence-corrected chi connectivity index (χ3v) is 4.59. The lowest BCUT2D eigenvalue weighted by Gasteiger charge is -2.18. The Labute approximate surface area is 140 Å². The number of alkyl halides is 3. The van der Waals surface area contributed by atoms with Gasteiger partial charge in [0.15, 0.2) is 5.13 Å². The van der Waals surface area contributed by atoms with Gasteiger partial charge in [0.2, 0.25) is 0 Å². The van der Waals surface area contributed by atoms with Gasteiger partial charge in [0.1, 0.15) is 0 Å². The van der Waals surface area contributed by atoms with Crippen LogP contribution < -0.4 is 5.32 Å². The van der Waals surface area contributed by atoms with E-state index >= 15 is 0 Å². The molecule has 0 radical (unpaired) electrons. The van der Waals surface area contributed by atoms with Gasteiger partial charge in [0, 0.05) is 23.9 Å². The second-order valence-corrected chi connectivity index (χ2v) is 7.57. The molecule has 134 valence electrons. The first kappa shape index (κ1) is 18.5. The number of thiazole rings is 1. The van der Waals surface area contributed by atoms with Crippen LogP contribution in [0.15, 0.2) is 5.38 Å². The zero-order valence-corrected chi connectivity index (χ0v) is 14.2. The van der Waals surface area contributed by atoms with Crippen LogP contribution in [-0.2, 0) is 10.2 Å². The number of likely N-dealkylation sites (tertiary alicyclic amines) is 1. The van der Waals surface area contributed by atoms with Crippen molar-refractivity contribution in [3.05, 3.63) is 11.1 Å². The van der Waals surface area contributed by atoms with Crippen molar-refractivity contribution in [3.63, 3.8) is 0 Å². The zero-order valence-electron chi connectivity index (χ0n) is 13.3. The summed E-state index contributed by atoms with van der Waals surface area (Å²) in [5.41, 5.74) is 0.531. The van der Waals surface area contributed by atoms with Gasteiger partial charge in [-0.2, -0.15) is 13.2 Å². The van der Waals surface area contributed by atoms with Gasteiger partial charge in [-0.25, -0.2) is 9.78 Å². The quantitative estimate of drug-likeness (QED) is 0.843. The second kappa shape index (κ2) is 6.23. The van der Waals surface area contributed by atoms with E-state index in [1.165, 1.54) is 11.3 Å². The molecule has 0 aliphatic carbocycles. The van der Waals surface area contributed by atoms with Crippen molar-refractivity contribution in [1.82, 2.24) is 9.88 Å². The Morgan fingerprint density at radius 3 is 2.38 bits per heavy atom. The lowest BCUT2D eigenvalue weighted by atomic mass is 9.93. The predicted molar refractivity (Wildman–Crippen MR) is 82.1 cm³/mol. The van der Waals surface area contributed by atoms with Crippen molar-refractivity contribution >= 4 is 28.5 Å². The van der Waals surface area contributed by atoms with Crippen molar-refractivity contribution in [2.24, 2.45) is 11.8 Å². The Balaban J connectivity index is 2.08. The van der Waals surface area contributed by atoms with E-state index in [1.807, 2.05) is 20.8 Å². The highest BCUT2D eigenvalue weighted by Gasteiger charge is 2.53. The molecule has 2 N–H and O–H groups in total. The van der Waals surface area contributed by atoms with Gasteiger partial charge in [-0.3, -0.25) is 10.1 Å². The van der Waals surface area contributed by atoms with Crippen LogP contribution in [0, 0.1) is 11.8 Å². The van der Waals surface area contributed by atoms with Crippen LogP contribution in [0.4, 0.5) is 23.1 Å². The average Bonchev–Trinajstić information content (AvgIpc) is 3.02. The molecule has 24 heavy (non-hydrogen) atoms. The number of anilines is 1. The highest BCUT2D eigenvalue weighted by molar-refractivity contribution is 7.13. The molecule has 0 bridgehead atoms. The molecule has 2 amide bonds. The molecule has 1 aromatic heterocycles. The largest absolute Gasteiger partial charge is 0.481 e. The van der Waals surface area contributed by atoms with Crippen molar-refractivity contribution in [2.75, 3.05) is 18.4 Å². The third-order valence-electron chi connectivity index (χ3n) is 3.83. The smallest absolute Gasteiger partial charge is 0.394 e. The maximum absolute atomic E-state index is 12.9. The number of carboxylic acid groups (broad SMARTS) is 1. The summed E-state index contributed by atoms with van der Waals surface area (Å²) in [5.74, 6) is -5.28. The molecule has 2 heterocycles. The first-order chi connectivity index (χ1) is 10.9. The van der Waals surface area contributed by atoms with Gasteiger partial charge < -0.3 is 10.0 Å². The number of urea groups is 1. The molecule has 0 spiro atoms. The SMILES string of the molecule is CC(C)(C)c1csc(NC(=O)N2C[C@@H](C(F)(F)F)[C@H](C(=O)O)C2)n1. The molecular weight excluding hydrogens is 347 g/mol. The number of aromatic nitrogens is 1. The normalized spacial score (nSPS) is 21.8. The van der Waals surface area contributed by atoms with Crippen molar-refractivity contribution in [1.29, 1.82) is 0 Å². The van der Waals surface area contributed by atoms with Crippen LogP contribution in [0.3, 0.4) is 0 Å². The van der Waals surface area contributed by atoms with Crippen LogP contribution >= 0.6 is 11.3 Å². The minimum absolute atomic E-state index is 0.219. The molecule has 10 heteroatoms.